The fourth-order valence-corrected chi connectivity index (χ4v) is 2.66. The van der Waals surface area contributed by atoms with E-state index in [4.69, 9.17) is 5.21 Å². The van der Waals surface area contributed by atoms with Crippen molar-refractivity contribution in [1.82, 2.24) is 25.4 Å². The van der Waals surface area contributed by atoms with Crippen molar-refractivity contribution >= 4 is 23.1 Å². The quantitative estimate of drug-likeness (QED) is 0.235. The number of hydroxylamine groups is 1. The molecule has 0 fully saturated rings. The lowest BCUT2D eigenvalue weighted by Crippen LogP contribution is -2.24. The first-order chi connectivity index (χ1) is 13.8. The molecule has 4 N–H and O–H groups in total. The summed E-state index contributed by atoms with van der Waals surface area (Å²) in [6.07, 6.45) is 7.24. The van der Waals surface area contributed by atoms with Gasteiger partial charge in [-0.15, -0.1) is 0 Å². The van der Waals surface area contributed by atoms with E-state index in [1.807, 2.05) is 33.8 Å². The average molecular weight is 398 g/mol. The van der Waals surface area contributed by atoms with Gasteiger partial charge in [0, 0.05) is 24.0 Å². The Balaban J connectivity index is 2.50. The monoisotopic (exact) mass is 398 g/mol. The van der Waals surface area contributed by atoms with Crippen LogP contribution in [0, 0.1) is 6.92 Å². The third-order valence-corrected chi connectivity index (χ3v) is 4.43. The zero-order valence-corrected chi connectivity index (χ0v) is 17.0. The fourth-order valence-electron chi connectivity index (χ4n) is 2.66. The smallest absolute Gasteiger partial charge is 0.274 e. The number of carbonyl (C=O) groups excluding carboxylic acids is 2. The van der Waals surface area contributed by atoms with Gasteiger partial charge in [0.2, 0.25) is 0 Å². The largest absolute Gasteiger partial charge is 0.352 e. The molecule has 2 aromatic heterocycles. The van der Waals surface area contributed by atoms with Gasteiger partial charge in [0.05, 0.1) is 5.56 Å². The molecule has 0 saturated carbocycles. The van der Waals surface area contributed by atoms with Crippen molar-refractivity contribution in [2.24, 2.45) is 0 Å². The van der Waals surface area contributed by atoms with E-state index in [0.29, 0.717) is 29.1 Å². The summed E-state index contributed by atoms with van der Waals surface area (Å²) in [5, 5.41) is 19.1. The number of allylic oxidation sites excluding steroid dienone is 2. The van der Waals surface area contributed by atoms with Gasteiger partial charge in [-0.3, -0.25) is 14.8 Å². The van der Waals surface area contributed by atoms with E-state index in [-0.39, 0.29) is 11.5 Å². The molecule has 29 heavy (non-hydrogen) atoms. The van der Waals surface area contributed by atoms with Crippen molar-refractivity contribution < 1.29 is 14.8 Å². The number of rotatable bonds is 8. The SMILES string of the molecule is C=C(/C=C(Nc1ncnn2cc(C(=O)NCCC)c(C)c12)\C(C)=C/C)C(=O)NO. The normalized spacial score (nSPS) is 12.0. The highest BCUT2D eigenvalue weighted by Gasteiger charge is 2.18. The summed E-state index contributed by atoms with van der Waals surface area (Å²) in [4.78, 5) is 28.4. The Labute approximate surface area is 169 Å². The van der Waals surface area contributed by atoms with Gasteiger partial charge in [-0.25, -0.2) is 15.0 Å². The second-order valence-corrected chi connectivity index (χ2v) is 6.45. The number of hydrogen-bond donors (Lipinski definition) is 4. The third-order valence-electron chi connectivity index (χ3n) is 4.43. The summed E-state index contributed by atoms with van der Waals surface area (Å²) in [5.41, 5.74) is 4.90. The van der Waals surface area contributed by atoms with E-state index in [0.717, 1.165) is 17.6 Å². The van der Waals surface area contributed by atoms with Crippen LogP contribution < -0.4 is 16.1 Å². The molecule has 2 rings (SSSR count). The van der Waals surface area contributed by atoms with E-state index < -0.39 is 5.91 Å². The second kappa shape index (κ2) is 9.65. The van der Waals surface area contributed by atoms with E-state index in [9.17, 15) is 9.59 Å². The molecular formula is C20H26N6O3. The summed E-state index contributed by atoms with van der Waals surface area (Å²) >= 11 is 0. The van der Waals surface area contributed by atoms with Crippen LogP contribution in [0.2, 0.25) is 0 Å². The molecule has 0 aliphatic heterocycles. The van der Waals surface area contributed by atoms with Crippen molar-refractivity contribution in [2.45, 2.75) is 34.1 Å². The first-order valence-electron chi connectivity index (χ1n) is 9.20. The lowest BCUT2D eigenvalue weighted by molar-refractivity contribution is -0.124. The molecule has 0 saturated heterocycles. The molecule has 2 amide bonds. The molecule has 9 heteroatoms. The zero-order valence-electron chi connectivity index (χ0n) is 17.0. The van der Waals surface area contributed by atoms with Crippen molar-refractivity contribution in [3.05, 3.63) is 59.2 Å². The van der Waals surface area contributed by atoms with Crippen LogP contribution in [0.1, 0.15) is 43.1 Å². The molecule has 0 aliphatic rings. The topological polar surface area (TPSA) is 121 Å². The lowest BCUT2D eigenvalue weighted by atomic mass is 10.1. The van der Waals surface area contributed by atoms with Crippen LogP contribution in [0.15, 0.2) is 48.1 Å². The summed E-state index contributed by atoms with van der Waals surface area (Å²) in [7, 11) is 0. The van der Waals surface area contributed by atoms with Gasteiger partial charge >= 0.3 is 0 Å². The van der Waals surface area contributed by atoms with Crippen LogP contribution >= 0.6 is 0 Å². The molecule has 9 nitrogen and oxygen atoms in total. The number of aromatic nitrogens is 3. The van der Waals surface area contributed by atoms with Crippen LogP contribution in [0.5, 0.6) is 0 Å². The van der Waals surface area contributed by atoms with Crippen molar-refractivity contribution in [1.29, 1.82) is 0 Å². The summed E-state index contributed by atoms with van der Waals surface area (Å²) < 4.78 is 1.59. The molecular weight excluding hydrogens is 372 g/mol. The maximum Gasteiger partial charge on any atom is 0.274 e. The standard InChI is InChI=1S/C20H26N6O3/c1-6-8-21-20(28)15-10-26-17(14(15)5)18(22-11-23-26)24-16(12(3)7-2)9-13(4)19(27)25-29/h7,9-11,29H,4,6,8H2,1-3,5H3,(H,21,28)(H,25,27)(H,22,23,24)/b12-7-,16-9+. The molecule has 0 atom stereocenters. The highest BCUT2D eigenvalue weighted by atomic mass is 16.5. The first-order valence-corrected chi connectivity index (χ1v) is 9.20. The minimum Gasteiger partial charge on any atom is -0.352 e. The van der Waals surface area contributed by atoms with Crippen molar-refractivity contribution in [3.8, 4) is 0 Å². The highest BCUT2D eigenvalue weighted by Crippen LogP contribution is 2.25. The number of carbonyl (C=O) groups is 2. The van der Waals surface area contributed by atoms with Gasteiger partial charge < -0.3 is 10.6 Å². The number of nitrogens with zero attached hydrogens (tertiary/aromatic N) is 3. The summed E-state index contributed by atoms with van der Waals surface area (Å²) in [6, 6.07) is 0. The van der Waals surface area contributed by atoms with Gasteiger partial charge in [0.15, 0.2) is 5.82 Å². The van der Waals surface area contributed by atoms with Gasteiger partial charge in [0.25, 0.3) is 11.8 Å². The van der Waals surface area contributed by atoms with Crippen molar-refractivity contribution in [2.75, 3.05) is 11.9 Å². The first kappa shape index (κ1) is 21.8. The van der Waals surface area contributed by atoms with Gasteiger partial charge in [0.1, 0.15) is 11.8 Å². The Morgan fingerprint density at radius 1 is 1.38 bits per heavy atom. The molecule has 0 bridgehead atoms. The van der Waals surface area contributed by atoms with E-state index in [1.165, 1.54) is 12.4 Å². The second-order valence-electron chi connectivity index (χ2n) is 6.45. The van der Waals surface area contributed by atoms with Gasteiger partial charge in [-0.1, -0.05) is 19.6 Å². The molecule has 0 aromatic carbocycles. The summed E-state index contributed by atoms with van der Waals surface area (Å²) in [5.74, 6) is -0.416. The minimum absolute atomic E-state index is 0.0630. The number of nitrogens with one attached hydrogen (secondary N) is 3. The van der Waals surface area contributed by atoms with E-state index in [2.05, 4.69) is 27.3 Å². The molecule has 0 unspecified atom stereocenters. The van der Waals surface area contributed by atoms with Crippen molar-refractivity contribution in [3.63, 3.8) is 0 Å². The molecule has 0 spiro atoms. The predicted octanol–water partition coefficient (Wildman–Crippen LogP) is 2.50. The number of aryl methyl sites for hydroxylation is 1. The Bertz CT molecular complexity index is 1000. The number of fused-ring (bicyclic) bond motifs is 1. The average Bonchev–Trinajstić information content (AvgIpc) is 3.07. The highest BCUT2D eigenvalue weighted by molar-refractivity contribution is 5.99. The van der Waals surface area contributed by atoms with Crippen LogP contribution in [0.25, 0.3) is 5.52 Å². The number of amides is 2. The third kappa shape index (κ3) is 4.88. The lowest BCUT2D eigenvalue weighted by Gasteiger charge is -2.13. The van der Waals surface area contributed by atoms with E-state index in [1.54, 1.807) is 16.2 Å². The maximum absolute atomic E-state index is 12.4. The molecule has 0 aliphatic carbocycles. The van der Waals surface area contributed by atoms with Crippen LogP contribution in [-0.4, -0.2) is 38.2 Å². The number of anilines is 1. The Morgan fingerprint density at radius 3 is 2.72 bits per heavy atom. The molecule has 0 radical (unpaired) electrons. The van der Waals surface area contributed by atoms with Crippen LogP contribution in [0.3, 0.4) is 0 Å². The molecule has 154 valence electrons. The van der Waals surface area contributed by atoms with Gasteiger partial charge in [-0.2, -0.15) is 5.10 Å². The van der Waals surface area contributed by atoms with Crippen LogP contribution in [-0.2, 0) is 4.79 Å². The minimum atomic E-state index is -0.713. The fraction of sp³-hybridized carbons (Fsp3) is 0.300. The molecule has 2 heterocycles. The zero-order chi connectivity index (χ0) is 21.6. The Hall–Kier alpha value is -3.46. The predicted molar refractivity (Wildman–Crippen MR) is 111 cm³/mol. The number of hydrogen-bond acceptors (Lipinski definition) is 6. The summed E-state index contributed by atoms with van der Waals surface area (Å²) in [6.45, 7) is 11.8. The Morgan fingerprint density at radius 2 is 2.10 bits per heavy atom. The maximum atomic E-state index is 12.4. The molecule has 2 aromatic rings. The Kier molecular flexibility index (Phi) is 7.27. The van der Waals surface area contributed by atoms with Crippen LogP contribution in [0.4, 0.5) is 5.82 Å². The van der Waals surface area contributed by atoms with E-state index >= 15 is 0 Å². The van der Waals surface area contributed by atoms with Gasteiger partial charge in [-0.05, 0) is 44.4 Å².